The molecule has 2 aromatic rings. The van der Waals surface area contributed by atoms with E-state index < -0.39 is 30.4 Å². The highest BCUT2D eigenvalue weighted by Gasteiger charge is 2.35. The van der Waals surface area contributed by atoms with E-state index in [4.69, 9.17) is 9.47 Å². The topological polar surface area (TPSA) is 65.4 Å². The summed E-state index contributed by atoms with van der Waals surface area (Å²) in [5, 5.41) is 6.41. The molecule has 142 valence electrons. The molecule has 0 spiro atoms. The lowest BCUT2D eigenvalue weighted by Crippen LogP contribution is -2.32. The Morgan fingerprint density at radius 1 is 1.27 bits per heavy atom. The summed E-state index contributed by atoms with van der Waals surface area (Å²) in [6.07, 6.45) is -4.58. The Morgan fingerprint density at radius 2 is 1.96 bits per heavy atom. The molecular weight excluding hydrogens is 351 g/mol. The van der Waals surface area contributed by atoms with Crippen LogP contribution in [0.4, 0.5) is 13.2 Å². The fourth-order valence-electron chi connectivity index (χ4n) is 2.57. The van der Waals surface area contributed by atoms with Crippen LogP contribution in [0.2, 0.25) is 0 Å². The minimum absolute atomic E-state index is 0.188. The van der Waals surface area contributed by atoms with E-state index in [1.54, 1.807) is 25.1 Å². The van der Waals surface area contributed by atoms with Crippen LogP contribution in [0.25, 0.3) is 0 Å². The molecule has 0 radical (unpaired) electrons. The summed E-state index contributed by atoms with van der Waals surface area (Å²) in [7, 11) is 3.00. The zero-order valence-corrected chi connectivity index (χ0v) is 14.8. The largest absolute Gasteiger partial charge is 0.497 e. The summed E-state index contributed by atoms with van der Waals surface area (Å²) in [5.41, 5.74) is -0.128. The van der Waals surface area contributed by atoms with Gasteiger partial charge < -0.3 is 14.8 Å². The molecule has 0 aliphatic carbocycles. The van der Waals surface area contributed by atoms with Crippen molar-refractivity contribution in [3.05, 3.63) is 41.2 Å². The normalized spacial score (nSPS) is 12.6. The fraction of sp³-hybridized carbons (Fsp3) is 0.412. The number of aromatic nitrogens is 2. The summed E-state index contributed by atoms with van der Waals surface area (Å²) in [6, 6.07) is 5.50. The van der Waals surface area contributed by atoms with Gasteiger partial charge in [-0.15, -0.1) is 0 Å². The number of halogens is 3. The van der Waals surface area contributed by atoms with Crippen molar-refractivity contribution in [2.24, 2.45) is 0 Å². The van der Waals surface area contributed by atoms with Crippen LogP contribution in [0.15, 0.2) is 24.3 Å². The number of methoxy groups -OCH3 is 2. The minimum atomic E-state index is -4.58. The Labute approximate surface area is 148 Å². The Kier molecular flexibility index (Phi) is 5.79. The molecule has 1 unspecified atom stereocenters. The summed E-state index contributed by atoms with van der Waals surface area (Å²) < 4.78 is 50.1. The van der Waals surface area contributed by atoms with Gasteiger partial charge in [-0.05, 0) is 38.1 Å². The molecule has 1 aromatic carbocycles. The molecule has 0 aliphatic rings. The van der Waals surface area contributed by atoms with Gasteiger partial charge in [-0.2, -0.15) is 18.3 Å². The average Bonchev–Trinajstić information content (AvgIpc) is 2.94. The maximum Gasteiger partial charge on any atom is 0.433 e. The number of benzene rings is 1. The SMILES string of the molecule is COc1ccc(OC)c(C(C)NC(=O)Cn2nc(C)cc2C(F)(F)F)c1. The molecule has 26 heavy (non-hydrogen) atoms. The van der Waals surface area contributed by atoms with E-state index in [1.165, 1.54) is 21.1 Å². The maximum absolute atomic E-state index is 13.0. The molecule has 6 nitrogen and oxygen atoms in total. The van der Waals surface area contributed by atoms with Crippen molar-refractivity contribution in [2.75, 3.05) is 14.2 Å². The molecule has 1 heterocycles. The first-order valence-corrected chi connectivity index (χ1v) is 7.78. The van der Waals surface area contributed by atoms with Crippen LogP contribution >= 0.6 is 0 Å². The third-order valence-corrected chi connectivity index (χ3v) is 3.77. The van der Waals surface area contributed by atoms with E-state index in [0.717, 1.165) is 6.07 Å². The van der Waals surface area contributed by atoms with Gasteiger partial charge in [0.15, 0.2) is 0 Å². The zero-order chi connectivity index (χ0) is 19.5. The quantitative estimate of drug-likeness (QED) is 0.848. The number of alkyl halides is 3. The molecule has 1 atom stereocenters. The average molecular weight is 371 g/mol. The van der Waals surface area contributed by atoms with Gasteiger partial charge in [-0.3, -0.25) is 9.48 Å². The second kappa shape index (κ2) is 7.67. The number of rotatable bonds is 6. The number of nitrogens with one attached hydrogen (secondary N) is 1. The van der Waals surface area contributed by atoms with E-state index >= 15 is 0 Å². The molecular formula is C17H20F3N3O3. The van der Waals surface area contributed by atoms with Crippen molar-refractivity contribution < 1.29 is 27.4 Å². The van der Waals surface area contributed by atoms with Crippen LogP contribution in [0.1, 0.15) is 29.9 Å². The molecule has 1 N–H and O–H groups in total. The number of hydrogen-bond donors (Lipinski definition) is 1. The van der Waals surface area contributed by atoms with E-state index in [-0.39, 0.29) is 5.69 Å². The molecule has 9 heteroatoms. The standard InChI is InChI=1S/C17H20F3N3O3/c1-10-7-15(17(18,19)20)23(22-10)9-16(24)21-11(2)13-8-12(25-3)5-6-14(13)26-4/h5-8,11H,9H2,1-4H3,(H,21,24). The third kappa shape index (κ3) is 4.47. The lowest BCUT2D eigenvalue weighted by Gasteiger charge is -2.19. The highest BCUT2D eigenvalue weighted by molar-refractivity contribution is 5.76. The highest BCUT2D eigenvalue weighted by atomic mass is 19.4. The van der Waals surface area contributed by atoms with Crippen molar-refractivity contribution in [2.45, 2.75) is 32.6 Å². The molecule has 1 aromatic heterocycles. The molecule has 0 saturated heterocycles. The van der Waals surface area contributed by atoms with Crippen LogP contribution in [0.3, 0.4) is 0 Å². The Bertz CT molecular complexity index is 787. The van der Waals surface area contributed by atoms with Crippen molar-refractivity contribution >= 4 is 5.91 Å². The molecule has 2 rings (SSSR count). The predicted molar refractivity (Wildman–Crippen MR) is 88.1 cm³/mol. The minimum Gasteiger partial charge on any atom is -0.497 e. The van der Waals surface area contributed by atoms with E-state index in [2.05, 4.69) is 10.4 Å². The first kappa shape index (κ1) is 19.6. The Hall–Kier alpha value is -2.71. The number of aryl methyl sites for hydroxylation is 1. The summed E-state index contributed by atoms with van der Waals surface area (Å²) >= 11 is 0. The van der Waals surface area contributed by atoms with E-state index in [0.29, 0.717) is 21.7 Å². The van der Waals surface area contributed by atoms with Gasteiger partial charge in [0.1, 0.15) is 23.7 Å². The number of hydrogen-bond acceptors (Lipinski definition) is 4. The third-order valence-electron chi connectivity index (χ3n) is 3.77. The van der Waals surface area contributed by atoms with Crippen molar-refractivity contribution in [3.63, 3.8) is 0 Å². The van der Waals surface area contributed by atoms with Crippen molar-refractivity contribution in [1.29, 1.82) is 0 Å². The number of ether oxygens (including phenoxy) is 2. The van der Waals surface area contributed by atoms with Crippen molar-refractivity contribution in [3.8, 4) is 11.5 Å². The van der Waals surface area contributed by atoms with Gasteiger partial charge in [0.2, 0.25) is 5.91 Å². The van der Waals surface area contributed by atoms with E-state index in [9.17, 15) is 18.0 Å². The molecule has 0 fully saturated rings. The van der Waals surface area contributed by atoms with Gasteiger partial charge in [0, 0.05) is 5.56 Å². The fourth-order valence-corrected chi connectivity index (χ4v) is 2.57. The number of carbonyl (C=O) groups excluding carboxylic acids is 1. The summed E-state index contributed by atoms with van der Waals surface area (Å²) in [4.78, 5) is 12.2. The monoisotopic (exact) mass is 371 g/mol. The predicted octanol–water partition coefficient (Wildman–Crippen LogP) is 3.10. The van der Waals surface area contributed by atoms with Crippen LogP contribution in [-0.2, 0) is 17.5 Å². The number of carbonyl (C=O) groups is 1. The smallest absolute Gasteiger partial charge is 0.433 e. The van der Waals surface area contributed by atoms with Crippen LogP contribution in [0.5, 0.6) is 11.5 Å². The van der Waals surface area contributed by atoms with E-state index in [1.807, 2.05) is 0 Å². The molecule has 0 saturated carbocycles. The first-order valence-electron chi connectivity index (χ1n) is 7.78. The Morgan fingerprint density at radius 3 is 2.54 bits per heavy atom. The lowest BCUT2D eigenvalue weighted by molar-refractivity contribution is -0.144. The van der Waals surface area contributed by atoms with Gasteiger partial charge in [-0.1, -0.05) is 0 Å². The summed E-state index contributed by atoms with van der Waals surface area (Å²) in [5.74, 6) is 0.504. The highest BCUT2D eigenvalue weighted by Crippen LogP contribution is 2.31. The second-order valence-corrected chi connectivity index (χ2v) is 5.72. The first-order chi connectivity index (χ1) is 12.2. The van der Waals surface area contributed by atoms with Gasteiger partial charge in [0.25, 0.3) is 0 Å². The maximum atomic E-state index is 13.0. The molecule has 0 aliphatic heterocycles. The van der Waals surface area contributed by atoms with Gasteiger partial charge in [0.05, 0.1) is 26.0 Å². The van der Waals surface area contributed by atoms with Crippen LogP contribution in [0, 0.1) is 6.92 Å². The molecule has 0 bridgehead atoms. The van der Waals surface area contributed by atoms with Crippen molar-refractivity contribution in [1.82, 2.24) is 15.1 Å². The van der Waals surface area contributed by atoms with Crippen LogP contribution < -0.4 is 14.8 Å². The Balaban J connectivity index is 2.16. The second-order valence-electron chi connectivity index (χ2n) is 5.72. The summed E-state index contributed by atoms with van der Waals surface area (Å²) in [6.45, 7) is 2.60. The van der Waals surface area contributed by atoms with Crippen LogP contribution in [-0.4, -0.2) is 29.9 Å². The van der Waals surface area contributed by atoms with Gasteiger partial charge >= 0.3 is 6.18 Å². The molecule has 1 amide bonds. The zero-order valence-electron chi connectivity index (χ0n) is 14.8. The number of nitrogens with zero attached hydrogens (tertiary/aromatic N) is 2. The lowest BCUT2D eigenvalue weighted by atomic mass is 10.1. The van der Waals surface area contributed by atoms with Gasteiger partial charge in [-0.25, -0.2) is 0 Å². The number of amides is 1.